The number of nitrogens with zero attached hydrogens (tertiary/aromatic N) is 1. The van der Waals surface area contributed by atoms with Crippen molar-refractivity contribution in [2.24, 2.45) is 0 Å². The Labute approximate surface area is 136 Å². The molecule has 0 atom stereocenters. The van der Waals surface area contributed by atoms with Crippen molar-refractivity contribution in [2.75, 3.05) is 19.6 Å². The average Bonchev–Trinajstić information content (AvgIpc) is 3.06. The molecule has 3 heteroatoms. The summed E-state index contributed by atoms with van der Waals surface area (Å²) in [6.07, 6.45) is 4.84. The summed E-state index contributed by atoms with van der Waals surface area (Å²) < 4.78 is 26.8. The van der Waals surface area contributed by atoms with Gasteiger partial charge in [-0.1, -0.05) is 30.3 Å². The fourth-order valence-electron chi connectivity index (χ4n) is 2.99. The molecular formula is C20H21F2N. The molecule has 1 fully saturated rings. The van der Waals surface area contributed by atoms with Gasteiger partial charge in [-0.15, -0.1) is 0 Å². The first kappa shape index (κ1) is 15.9. The standard InChI is InChI=1S/C20H21F2N/c1-15(10-13-23-11-2-3-12-23)16-4-6-17(7-5-16)19-9-8-18(21)14-20(19)22/h4-10,14H,2-3,11-13H2,1H3. The van der Waals surface area contributed by atoms with Gasteiger partial charge in [0, 0.05) is 18.2 Å². The summed E-state index contributed by atoms with van der Waals surface area (Å²) in [7, 11) is 0. The van der Waals surface area contributed by atoms with Crippen LogP contribution in [0.25, 0.3) is 16.7 Å². The summed E-state index contributed by atoms with van der Waals surface area (Å²) in [4.78, 5) is 2.45. The predicted octanol–water partition coefficient (Wildman–Crippen LogP) is 5.13. The number of rotatable bonds is 4. The third-order valence-corrected chi connectivity index (χ3v) is 4.44. The van der Waals surface area contributed by atoms with Crippen molar-refractivity contribution in [1.82, 2.24) is 4.90 Å². The van der Waals surface area contributed by atoms with E-state index in [4.69, 9.17) is 0 Å². The van der Waals surface area contributed by atoms with E-state index in [1.54, 1.807) is 0 Å². The summed E-state index contributed by atoms with van der Waals surface area (Å²) in [6.45, 7) is 5.46. The van der Waals surface area contributed by atoms with E-state index in [1.807, 2.05) is 24.3 Å². The quantitative estimate of drug-likeness (QED) is 0.756. The highest BCUT2D eigenvalue weighted by atomic mass is 19.1. The fraction of sp³-hybridized carbons (Fsp3) is 0.300. The van der Waals surface area contributed by atoms with Crippen molar-refractivity contribution in [3.8, 4) is 11.1 Å². The topological polar surface area (TPSA) is 3.24 Å². The van der Waals surface area contributed by atoms with Gasteiger partial charge in [-0.2, -0.15) is 0 Å². The van der Waals surface area contributed by atoms with Crippen molar-refractivity contribution < 1.29 is 8.78 Å². The molecule has 0 saturated carbocycles. The molecule has 0 bridgehead atoms. The van der Waals surface area contributed by atoms with Crippen LogP contribution < -0.4 is 0 Å². The minimum Gasteiger partial charge on any atom is -0.300 e. The smallest absolute Gasteiger partial charge is 0.133 e. The van der Waals surface area contributed by atoms with Crippen LogP contribution in [0.2, 0.25) is 0 Å². The lowest BCUT2D eigenvalue weighted by Crippen LogP contribution is -2.18. The number of benzene rings is 2. The number of halogens is 2. The lowest BCUT2D eigenvalue weighted by molar-refractivity contribution is 0.377. The maximum Gasteiger partial charge on any atom is 0.133 e. The number of likely N-dealkylation sites (tertiary alicyclic amines) is 1. The fourth-order valence-corrected chi connectivity index (χ4v) is 2.99. The second-order valence-corrected chi connectivity index (χ2v) is 6.10. The second kappa shape index (κ2) is 7.05. The number of allylic oxidation sites excluding steroid dienone is 1. The molecule has 0 amide bonds. The zero-order valence-electron chi connectivity index (χ0n) is 13.4. The van der Waals surface area contributed by atoms with Crippen molar-refractivity contribution in [3.63, 3.8) is 0 Å². The van der Waals surface area contributed by atoms with Gasteiger partial charge in [0.25, 0.3) is 0 Å². The summed E-state index contributed by atoms with van der Waals surface area (Å²) in [5.41, 5.74) is 3.55. The van der Waals surface area contributed by atoms with Gasteiger partial charge in [-0.05, 0) is 61.7 Å². The largest absolute Gasteiger partial charge is 0.300 e. The van der Waals surface area contributed by atoms with Gasteiger partial charge in [-0.25, -0.2) is 8.78 Å². The first-order chi connectivity index (χ1) is 11.1. The van der Waals surface area contributed by atoms with E-state index in [2.05, 4.69) is 17.9 Å². The van der Waals surface area contributed by atoms with Gasteiger partial charge in [0.05, 0.1) is 0 Å². The Morgan fingerprint density at radius 1 is 1.04 bits per heavy atom. The predicted molar refractivity (Wildman–Crippen MR) is 91.1 cm³/mol. The third kappa shape index (κ3) is 3.85. The third-order valence-electron chi connectivity index (χ3n) is 4.44. The molecular weight excluding hydrogens is 292 g/mol. The van der Waals surface area contributed by atoms with Gasteiger partial charge in [0.2, 0.25) is 0 Å². The van der Waals surface area contributed by atoms with Crippen LogP contribution in [0.3, 0.4) is 0 Å². The van der Waals surface area contributed by atoms with E-state index in [9.17, 15) is 8.78 Å². The molecule has 0 aromatic heterocycles. The van der Waals surface area contributed by atoms with Crippen LogP contribution in [0.5, 0.6) is 0 Å². The van der Waals surface area contributed by atoms with E-state index < -0.39 is 11.6 Å². The van der Waals surface area contributed by atoms with Gasteiger partial charge >= 0.3 is 0 Å². The minimum atomic E-state index is -0.552. The molecule has 3 rings (SSSR count). The van der Waals surface area contributed by atoms with Crippen LogP contribution >= 0.6 is 0 Å². The maximum absolute atomic E-state index is 13.8. The van der Waals surface area contributed by atoms with E-state index in [0.717, 1.165) is 23.7 Å². The Morgan fingerprint density at radius 2 is 1.74 bits per heavy atom. The molecule has 2 aromatic rings. The molecule has 120 valence electrons. The molecule has 1 aliphatic rings. The maximum atomic E-state index is 13.8. The summed E-state index contributed by atoms with van der Waals surface area (Å²) in [6, 6.07) is 11.5. The van der Waals surface area contributed by atoms with Gasteiger partial charge in [0.15, 0.2) is 0 Å². The SMILES string of the molecule is CC(=CCN1CCCC1)c1ccc(-c2ccc(F)cc2F)cc1. The molecule has 0 radical (unpaired) electrons. The normalized spacial score (nSPS) is 16.0. The molecule has 1 heterocycles. The van der Waals surface area contributed by atoms with Crippen LogP contribution in [-0.2, 0) is 0 Å². The van der Waals surface area contributed by atoms with E-state index in [1.165, 1.54) is 43.6 Å². The second-order valence-electron chi connectivity index (χ2n) is 6.10. The number of hydrogen-bond donors (Lipinski definition) is 0. The Morgan fingerprint density at radius 3 is 2.39 bits per heavy atom. The first-order valence-electron chi connectivity index (χ1n) is 8.08. The lowest BCUT2D eigenvalue weighted by Gasteiger charge is -2.12. The van der Waals surface area contributed by atoms with Crippen molar-refractivity contribution in [2.45, 2.75) is 19.8 Å². The van der Waals surface area contributed by atoms with Gasteiger partial charge in [0.1, 0.15) is 11.6 Å². The molecule has 23 heavy (non-hydrogen) atoms. The van der Waals surface area contributed by atoms with Crippen LogP contribution in [0.4, 0.5) is 8.78 Å². The van der Waals surface area contributed by atoms with Crippen molar-refractivity contribution >= 4 is 5.57 Å². The molecule has 1 saturated heterocycles. The Balaban J connectivity index is 1.74. The van der Waals surface area contributed by atoms with E-state index in [-0.39, 0.29) is 0 Å². The van der Waals surface area contributed by atoms with Crippen LogP contribution in [0.1, 0.15) is 25.3 Å². The van der Waals surface area contributed by atoms with Crippen LogP contribution in [-0.4, -0.2) is 24.5 Å². The highest BCUT2D eigenvalue weighted by Crippen LogP contribution is 2.25. The lowest BCUT2D eigenvalue weighted by atomic mass is 10.0. The van der Waals surface area contributed by atoms with Crippen LogP contribution in [0.15, 0.2) is 48.5 Å². The summed E-state index contributed by atoms with van der Waals surface area (Å²) in [5.74, 6) is -1.08. The molecule has 0 unspecified atom stereocenters. The highest BCUT2D eigenvalue weighted by Gasteiger charge is 2.10. The Kier molecular flexibility index (Phi) is 4.87. The van der Waals surface area contributed by atoms with Gasteiger partial charge in [-0.3, -0.25) is 4.90 Å². The monoisotopic (exact) mass is 313 g/mol. The molecule has 0 aliphatic carbocycles. The number of hydrogen-bond acceptors (Lipinski definition) is 1. The highest BCUT2D eigenvalue weighted by molar-refractivity contribution is 5.70. The van der Waals surface area contributed by atoms with Crippen molar-refractivity contribution in [1.29, 1.82) is 0 Å². The molecule has 2 aromatic carbocycles. The molecule has 1 nitrogen and oxygen atoms in total. The summed E-state index contributed by atoms with van der Waals surface area (Å²) in [5, 5.41) is 0. The zero-order chi connectivity index (χ0) is 16.2. The Bertz CT molecular complexity index is 698. The first-order valence-corrected chi connectivity index (χ1v) is 8.08. The van der Waals surface area contributed by atoms with E-state index in [0.29, 0.717) is 5.56 Å². The van der Waals surface area contributed by atoms with E-state index >= 15 is 0 Å². The molecule has 0 spiro atoms. The van der Waals surface area contributed by atoms with Crippen molar-refractivity contribution in [3.05, 3.63) is 65.7 Å². The molecule has 0 N–H and O–H groups in total. The minimum absolute atomic E-state index is 0.427. The average molecular weight is 313 g/mol. The molecule has 1 aliphatic heterocycles. The zero-order valence-corrected chi connectivity index (χ0v) is 13.4. The summed E-state index contributed by atoms with van der Waals surface area (Å²) >= 11 is 0. The van der Waals surface area contributed by atoms with Gasteiger partial charge < -0.3 is 0 Å². The Hall–Kier alpha value is -2.00. The van der Waals surface area contributed by atoms with Crippen LogP contribution in [0, 0.1) is 11.6 Å².